The van der Waals surface area contributed by atoms with E-state index in [9.17, 15) is 0 Å². The number of aromatic nitrogens is 3. The molecule has 1 atom stereocenters. The highest BCUT2D eigenvalue weighted by Crippen LogP contribution is 2.42. The van der Waals surface area contributed by atoms with Gasteiger partial charge in [-0.2, -0.15) is 4.98 Å². The van der Waals surface area contributed by atoms with Crippen LogP contribution in [-0.4, -0.2) is 15.0 Å². The van der Waals surface area contributed by atoms with Crippen LogP contribution in [0.4, 0.5) is 11.8 Å². The minimum absolute atomic E-state index is 0.197. The Labute approximate surface area is 118 Å². The van der Waals surface area contributed by atoms with Gasteiger partial charge in [0.15, 0.2) is 0 Å². The molecule has 5 nitrogen and oxygen atoms in total. The zero-order valence-corrected chi connectivity index (χ0v) is 11.8. The molecular weight excluding hydrogens is 250 g/mol. The van der Waals surface area contributed by atoms with E-state index in [1.807, 2.05) is 19.9 Å². The fourth-order valence-corrected chi connectivity index (χ4v) is 2.35. The molecule has 0 saturated heterocycles. The summed E-state index contributed by atoms with van der Waals surface area (Å²) >= 11 is 0. The Kier molecular flexibility index (Phi) is 3.26. The van der Waals surface area contributed by atoms with Crippen molar-refractivity contribution in [3.8, 4) is 0 Å². The Morgan fingerprint density at radius 3 is 2.75 bits per heavy atom. The third kappa shape index (κ3) is 2.71. The number of hydrogen-bond acceptors (Lipinski definition) is 5. The fraction of sp³-hybridized carbons (Fsp3) is 0.400. The van der Waals surface area contributed by atoms with Crippen LogP contribution in [-0.2, 0) is 0 Å². The van der Waals surface area contributed by atoms with Crippen molar-refractivity contribution in [3.05, 3.63) is 41.3 Å². The first-order valence-electron chi connectivity index (χ1n) is 6.92. The number of rotatable bonds is 4. The smallest absolute Gasteiger partial charge is 0.221 e. The first-order chi connectivity index (χ1) is 9.63. The van der Waals surface area contributed by atoms with Gasteiger partial charge in [0.05, 0.1) is 11.7 Å². The van der Waals surface area contributed by atoms with Crippen LogP contribution >= 0.6 is 0 Å². The summed E-state index contributed by atoms with van der Waals surface area (Å²) < 4.78 is 0. The van der Waals surface area contributed by atoms with Gasteiger partial charge in [-0.25, -0.2) is 4.98 Å². The fourth-order valence-electron chi connectivity index (χ4n) is 2.35. The molecule has 3 rings (SSSR count). The maximum atomic E-state index is 5.68. The molecule has 1 unspecified atom stereocenters. The zero-order valence-electron chi connectivity index (χ0n) is 11.8. The molecule has 2 heterocycles. The summed E-state index contributed by atoms with van der Waals surface area (Å²) in [5.41, 5.74) is 8.79. The zero-order chi connectivity index (χ0) is 14.1. The van der Waals surface area contributed by atoms with E-state index < -0.39 is 0 Å². The van der Waals surface area contributed by atoms with E-state index in [1.165, 1.54) is 12.8 Å². The highest BCUT2D eigenvalue weighted by atomic mass is 15.1. The molecule has 0 aromatic carbocycles. The van der Waals surface area contributed by atoms with E-state index in [1.54, 1.807) is 6.20 Å². The van der Waals surface area contributed by atoms with Gasteiger partial charge in [-0.05, 0) is 44.7 Å². The summed E-state index contributed by atoms with van der Waals surface area (Å²) in [4.78, 5) is 12.9. The SMILES string of the molecule is Cc1cccc(C(Nc2nc(N)ncc2C)C2CC2)n1. The largest absolute Gasteiger partial charge is 0.368 e. The van der Waals surface area contributed by atoms with Crippen molar-refractivity contribution in [1.29, 1.82) is 0 Å². The topological polar surface area (TPSA) is 76.7 Å². The highest BCUT2D eigenvalue weighted by molar-refractivity contribution is 5.47. The lowest BCUT2D eigenvalue weighted by atomic mass is 10.1. The lowest BCUT2D eigenvalue weighted by Crippen LogP contribution is -2.17. The van der Waals surface area contributed by atoms with Gasteiger partial charge >= 0.3 is 0 Å². The molecule has 2 aromatic heterocycles. The van der Waals surface area contributed by atoms with Crippen LogP contribution < -0.4 is 11.1 Å². The van der Waals surface area contributed by atoms with Gasteiger partial charge in [0.25, 0.3) is 0 Å². The molecule has 2 aromatic rings. The molecule has 0 bridgehead atoms. The predicted molar refractivity (Wildman–Crippen MR) is 79.2 cm³/mol. The molecule has 1 aliphatic carbocycles. The standard InChI is InChI=1S/C15H19N5/c1-9-8-17-15(16)20-14(9)19-13(11-6-7-11)12-5-3-4-10(2)18-12/h3-5,8,11,13H,6-7H2,1-2H3,(H3,16,17,19,20). The molecule has 1 fully saturated rings. The third-order valence-corrected chi connectivity index (χ3v) is 3.60. The van der Waals surface area contributed by atoms with Crippen molar-refractivity contribution in [3.63, 3.8) is 0 Å². The molecule has 0 amide bonds. The highest BCUT2D eigenvalue weighted by Gasteiger charge is 2.33. The summed E-state index contributed by atoms with van der Waals surface area (Å²) in [5, 5.41) is 3.50. The van der Waals surface area contributed by atoms with Gasteiger partial charge < -0.3 is 11.1 Å². The minimum Gasteiger partial charge on any atom is -0.368 e. The van der Waals surface area contributed by atoms with Crippen LogP contribution in [0.2, 0.25) is 0 Å². The quantitative estimate of drug-likeness (QED) is 0.892. The van der Waals surface area contributed by atoms with Crippen LogP contribution in [0.5, 0.6) is 0 Å². The van der Waals surface area contributed by atoms with Gasteiger partial charge in [0.2, 0.25) is 5.95 Å². The van der Waals surface area contributed by atoms with Crippen molar-refractivity contribution in [2.24, 2.45) is 5.92 Å². The average Bonchev–Trinajstić information content (AvgIpc) is 3.24. The summed E-state index contributed by atoms with van der Waals surface area (Å²) in [7, 11) is 0. The van der Waals surface area contributed by atoms with Gasteiger partial charge in [-0.3, -0.25) is 4.98 Å². The molecule has 0 aliphatic heterocycles. The lowest BCUT2D eigenvalue weighted by molar-refractivity contribution is 0.652. The van der Waals surface area contributed by atoms with E-state index >= 15 is 0 Å². The van der Waals surface area contributed by atoms with Crippen LogP contribution in [0, 0.1) is 19.8 Å². The lowest BCUT2D eigenvalue weighted by Gasteiger charge is -2.20. The maximum Gasteiger partial charge on any atom is 0.221 e. The van der Waals surface area contributed by atoms with Crippen LogP contribution in [0.3, 0.4) is 0 Å². The second-order valence-electron chi connectivity index (χ2n) is 5.42. The first-order valence-corrected chi connectivity index (χ1v) is 6.92. The molecule has 104 valence electrons. The summed E-state index contributed by atoms with van der Waals surface area (Å²) in [5.74, 6) is 1.72. The van der Waals surface area contributed by atoms with Crippen LogP contribution in [0.15, 0.2) is 24.4 Å². The number of pyridine rings is 1. The molecule has 1 saturated carbocycles. The number of aryl methyl sites for hydroxylation is 2. The van der Waals surface area contributed by atoms with Gasteiger partial charge in [0, 0.05) is 17.5 Å². The van der Waals surface area contributed by atoms with Crippen LogP contribution in [0.25, 0.3) is 0 Å². The Morgan fingerprint density at radius 2 is 2.05 bits per heavy atom. The van der Waals surface area contributed by atoms with Crippen molar-refractivity contribution in [2.45, 2.75) is 32.7 Å². The Balaban J connectivity index is 1.90. The summed E-state index contributed by atoms with van der Waals surface area (Å²) in [6.07, 6.45) is 4.21. The van der Waals surface area contributed by atoms with E-state index in [4.69, 9.17) is 5.73 Å². The summed E-state index contributed by atoms with van der Waals surface area (Å²) in [6.45, 7) is 4.00. The number of nitrogen functional groups attached to an aromatic ring is 1. The van der Waals surface area contributed by atoms with E-state index in [-0.39, 0.29) is 6.04 Å². The summed E-state index contributed by atoms with van der Waals surface area (Å²) in [6, 6.07) is 6.34. The van der Waals surface area contributed by atoms with Gasteiger partial charge in [0.1, 0.15) is 5.82 Å². The third-order valence-electron chi connectivity index (χ3n) is 3.60. The first kappa shape index (κ1) is 12.8. The Bertz CT molecular complexity index is 621. The predicted octanol–water partition coefficient (Wildman–Crippen LogP) is 2.63. The van der Waals surface area contributed by atoms with Crippen molar-refractivity contribution in [2.75, 3.05) is 11.1 Å². The molecule has 0 radical (unpaired) electrons. The van der Waals surface area contributed by atoms with E-state index in [0.29, 0.717) is 11.9 Å². The molecule has 0 spiro atoms. The maximum absolute atomic E-state index is 5.68. The molecule has 5 heteroatoms. The average molecular weight is 269 g/mol. The van der Waals surface area contributed by atoms with E-state index in [0.717, 1.165) is 22.8 Å². The minimum atomic E-state index is 0.197. The second-order valence-corrected chi connectivity index (χ2v) is 5.42. The number of nitrogens with two attached hydrogens (primary N) is 1. The molecular formula is C15H19N5. The molecule has 1 aliphatic rings. The number of nitrogens with zero attached hydrogens (tertiary/aromatic N) is 3. The number of nitrogens with one attached hydrogen (secondary N) is 1. The van der Waals surface area contributed by atoms with Crippen molar-refractivity contribution < 1.29 is 0 Å². The Hall–Kier alpha value is -2.17. The van der Waals surface area contributed by atoms with Gasteiger partial charge in [-0.1, -0.05) is 6.07 Å². The van der Waals surface area contributed by atoms with Gasteiger partial charge in [-0.15, -0.1) is 0 Å². The van der Waals surface area contributed by atoms with Crippen molar-refractivity contribution in [1.82, 2.24) is 15.0 Å². The Morgan fingerprint density at radius 1 is 1.25 bits per heavy atom. The number of anilines is 2. The molecule has 3 N–H and O–H groups in total. The van der Waals surface area contributed by atoms with E-state index in [2.05, 4.69) is 32.4 Å². The number of hydrogen-bond donors (Lipinski definition) is 2. The second kappa shape index (κ2) is 5.07. The molecule has 20 heavy (non-hydrogen) atoms. The monoisotopic (exact) mass is 269 g/mol. The van der Waals surface area contributed by atoms with Crippen molar-refractivity contribution >= 4 is 11.8 Å². The van der Waals surface area contributed by atoms with Crippen LogP contribution in [0.1, 0.15) is 35.8 Å². The normalized spacial score (nSPS) is 15.9.